The lowest BCUT2D eigenvalue weighted by atomic mass is 10.2. The van der Waals surface area contributed by atoms with Crippen molar-refractivity contribution >= 4 is 22.9 Å². The molecule has 25 heavy (non-hydrogen) atoms. The van der Waals surface area contributed by atoms with E-state index in [1.807, 2.05) is 11.6 Å². The Kier molecular flexibility index (Phi) is 4.53. The summed E-state index contributed by atoms with van der Waals surface area (Å²) in [5.74, 6) is 0.570. The Morgan fingerprint density at radius 2 is 2.24 bits per heavy atom. The predicted molar refractivity (Wildman–Crippen MR) is 93.5 cm³/mol. The van der Waals surface area contributed by atoms with Crippen LogP contribution in [0.2, 0.25) is 0 Å². The summed E-state index contributed by atoms with van der Waals surface area (Å²) in [5.41, 5.74) is 1.49. The first-order valence-electron chi connectivity index (χ1n) is 8.08. The first-order valence-corrected chi connectivity index (χ1v) is 8.96. The van der Waals surface area contributed by atoms with Crippen LogP contribution in [0.15, 0.2) is 40.5 Å². The van der Waals surface area contributed by atoms with Crippen LogP contribution in [0.4, 0.5) is 5.69 Å². The largest absolute Gasteiger partial charge is 0.437 e. The van der Waals surface area contributed by atoms with Crippen LogP contribution < -0.4 is 5.32 Å². The summed E-state index contributed by atoms with van der Waals surface area (Å²) in [6, 6.07) is 3.53. The number of anilines is 1. The molecule has 0 unspecified atom stereocenters. The predicted octanol–water partition coefficient (Wildman–Crippen LogP) is 2.38. The van der Waals surface area contributed by atoms with Gasteiger partial charge >= 0.3 is 5.91 Å². The Hall–Kier alpha value is -2.58. The Bertz CT molecular complexity index is 822. The molecule has 3 aromatic heterocycles. The number of aromatic nitrogens is 3. The van der Waals surface area contributed by atoms with Gasteiger partial charge < -0.3 is 9.73 Å². The Morgan fingerprint density at radius 1 is 1.32 bits per heavy atom. The van der Waals surface area contributed by atoms with E-state index in [9.17, 15) is 4.79 Å². The number of amides is 1. The molecule has 3 aromatic rings. The fourth-order valence-electron chi connectivity index (χ4n) is 2.81. The molecule has 0 saturated carbocycles. The lowest BCUT2D eigenvalue weighted by Gasteiger charge is -2.17. The van der Waals surface area contributed by atoms with Crippen molar-refractivity contribution < 1.29 is 9.21 Å². The fraction of sp³-hybridized carbons (Fsp3) is 0.294. The summed E-state index contributed by atoms with van der Waals surface area (Å²) < 4.78 is 5.72. The van der Waals surface area contributed by atoms with Crippen LogP contribution in [-0.2, 0) is 19.4 Å². The van der Waals surface area contributed by atoms with Crippen LogP contribution in [0.1, 0.15) is 27.1 Å². The molecule has 8 heteroatoms. The van der Waals surface area contributed by atoms with E-state index < -0.39 is 0 Å². The van der Waals surface area contributed by atoms with E-state index in [2.05, 4.69) is 25.2 Å². The molecule has 1 aliphatic heterocycles. The summed E-state index contributed by atoms with van der Waals surface area (Å²) in [6.07, 6.45) is 6.58. The third-order valence-corrected chi connectivity index (χ3v) is 4.82. The lowest BCUT2D eigenvalue weighted by Crippen LogP contribution is -2.26. The average Bonchev–Trinajstić information content (AvgIpc) is 3.24. The van der Waals surface area contributed by atoms with Gasteiger partial charge in [0.15, 0.2) is 0 Å². The van der Waals surface area contributed by atoms with Crippen molar-refractivity contribution in [1.29, 1.82) is 0 Å². The van der Waals surface area contributed by atoms with Gasteiger partial charge in [-0.2, -0.15) is 0 Å². The first kappa shape index (κ1) is 15.9. The molecular formula is C17H17N5O2S. The quantitative estimate of drug-likeness (QED) is 0.773. The number of hydrogen-bond donors (Lipinski definition) is 1. The zero-order valence-corrected chi connectivity index (χ0v) is 14.3. The molecule has 0 aliphatic carbocycles. The summed E-state index contributed by atoms with van der Waals surface area (Å²) >= 11 is 1.67. The van der Waals surface area contributed by atoms with E-state index in [1.54, 1.807) is 35.9 Å². The van der Waals surface area contributed by atoms with Gasteiger partial charge in [0.1, 0.15) is 10.8 Å². The molecule has 0 aromatic carbocycles. The van der Waals surface area contributed by atoms with E-state index in [0.717, 1.165) is 48.9 Å². The Balaban J connectivity index is 1.41. The molecule has 0 spiro atoms. The van der Waals surface area contributed by atoms with Gasteiger partial charge in [-0.05, 0) is 12.1 Å². The average molecular weight is 355 g/mol. The molecule has 1 N–H and O–H groups in total. The van der Waals surface area contributed by atoms with Crippen molar-refractivity contribution in [3.63, 3.8) is 0 Å². The van der Waals surface area contributed by atoms with Crippen molar-refractivity contribution in [2.45, 2.75) is 19.4 Å². The van der Waals surface area contributed by atoms with Crippen molar-refractivity contribution in [3.05, 3.63) is 58.5 Å². The second-order valence-corrected chi connectivity index (χ2v) is 6.77. The van der Waals surface area contributed by atoms with Crippen molar-refractivity contribution in [3.8, 4) is 0 Å². The summed E-state index contributed by atoms with van der Waals surface area (Å²) in [5, 5.41) is 5.85. The monoisotopic (exact) mass is 355 g/mol. The fourth-order valence-corrected chi connectivity index (χ4v) is 3.47. The number of nitrogens with one attached hydrogen (secondary N) is 1. The Labute approximate surface area is 148 Å². The van der Waals surface area contributed by atoms with Crippen LogP contribution in [0, 0.1) is 0 Å². The zero-order valence-electron chi connectivity index (χ0n) is 13.5. The maximum Gasteiger partial charge on any atom is 0.311 e. The van der Waals surface area contributed by atoms with E-state index in [-0.39, 0.29) is 11.8 Å². The summed E-state index contributed by atoms with van der Waals surface area (Å²) in [4.78, 5) is 27.3. The highest BCUT2D eigenvalue weighted by molar-refractivity contribution is 7.09. The molecule has 0 bridgehead atoms. The van der Waals surface area contributed by atoms with Crippen LogP contribution in [0.5, 0.6) is 0 Å². The van der Waals surface area contributed by atoms with Crippen LogP contribution in [0.3, 0.4) is 0 Å². The molecular weight excluding hydrogens is 338 g/mol. The van der Waals surface area contributed by atoms with Crippen molar-refractivity contribution in [1.82, 2.24) is 19.9 Å². The number of oxazole rings is 1. The first-order chi connectivity index (χ1) is 12.3. The maximum absolute atomic E-state index is 12.3. The van der Waals surface area contributed by atoms with Gasteiger partial charge in [0.25, 0.3) is 5.89 Å². The highest BCUT2D eigenvalue weighted by Crippen LogP contribution is 2.19. The highest BCUT2D eigenvalue weighted by Gasteiger charge is 2.23. The topological polar surface area (TPSA) is 84.2 Å². The molecule has 0 fully saturated rings. The minimum atomic E-state index is -0.347. The lowest BCUT2D eigenvalue weighted by molar-refractivity contribution is 0.0988. The van der Waals surface area contributed by atoms with Crippen LogP contribution in [-0.4, -0.2) is 38.8 Å². The van der Waals surface area contributed by atoms with Gasteiger partial charge in [0.2, 0.25) is 0 Å². The van der Waals surface area contributed by atoms with E-state index in [0.29, 0.717) is 5.69 Å². The van der Waals surface area contributed by atoms with Gasteiger partial charge in [-0.15, -0.1) is 11.3 Å². The standard InChI is InChI=1S/C17H17N5O2S/c23-16(20-12-2-1-5-18-10-12)17-21-13-3-7-22(8-4-14(13)24-17)11-15-19-6-9-25-15/h1-2,5-6,9-10H,3-4,7-8,11H2,(H,20,23). The van der Waals surface area contributed by atoms with Crippen LogP contribution in [0.25, 0.3) is 0 Å². The molecule has 1 aliphatic rings. The van der Waals surface area contributed by atoms with Crippen molar-refractivity contribution in [2.75, 3.05) is 18.4 Å². The number of fused-ring (bicyclic) bond motifs is 1. The number of pyridine rings is 1. The third kappa shape index (κ3) is 3.75. The number of hydrogen-bond acceptors (Lipinski definition) is 7. The minimum absolute atomic E-state index is 0.113. The normalized spacial score (nSPS) is 14.7. The molecule has 4 rings (SSSR count). The highest BCUT2D eigenvalue weighted by atomic mass is 32.1. The number of rotatable bonds is 4. The summed E-state index contributed by atoms with van der Waals surface area (Å²) in [6.45, 7) is 2.59. The second kappa shape index (κ2) is 7.12. The number of carbonyl (C=O) groups excluding carboxylic acids is 1. The van der Waals surface area contributed by atoms with E-state index >= 15 is 0 Å². The number of carbonyl (C=O) groups is 1. The molecule has 128 valence electrons. The maximum atomic E-state index is 12.3. The summed E-state index contributed by atoms with van der Waals surface area (Å²) in [7, 11) is 0. The van der Waals surface area contributed by atoms with Gasteiger partial charge in [0.05, 0.1) is 24.1 Å². The Morgan fingerprint density at radius 3 is 3.04 bits per heavy atom. The van der Waals surface area contributed by atoms with E-state index in [4.69, 9.17) is 4.42 Å². The zero-order chi connectivity index (χ0) is 17.1. The molecule has 7 nitrogen and oxygen atoms in total. The third-order valence-electron chi connectivity index (χ3n) is 4.05. The van der Waals surface area contributed by atoms with Crippen molar-refractivity contribution in [2.24, 2.45) is 0 Å². The molecule has 0 radical (unpaired) electrons. The van der Waals surface area contributed by atoms with Gasteiger partial charge in [0, 0.05) is 43.7 Å². The van der Waals surface area contributed by atoms with Gasteiger partial charge in [-0.3, -0.25) is 14.7 Å². The number of nitrogens with zero attached hydrogens (tertiary/aromatic N) is 4. The number of thiazole rings is 1. The smallest absolute Gasteiger partial charge is 0.311 e. The molecule has 0 atom stereocenters. The van der Waals surface area contributed by atoms with E-state index in [1.165, 1.54) is 0 Å². The molecule has 0 saturated heterocycles. The van der Waals surface area contributed by atoms with Gasteiger partial charge in [-0.25, -0.2) is 9.97 Å². The molecule has 1 amide bonds. The SMILES string of the molecule is O=C(Nc1cccnc1)c1nc2c(o1)CCN(Cc1nccs1)CC2. The van der Waals surface area contributed by atoms with Crippen LogP contribution >= 0.6 is 11.3 Å². The van der Waals surface area contributed by atoms with Gasteiger partial charge in [-0.1, -0.05) is 0 Å². The minimum Gasteiger partial charge on any atom is -0.437 e. The second-order valence-electron chi connectivity index (χ2n) is 5.79. The molecule has 4 heterocycles.